The van der Waals surface area contributed by atoms with Crippen molar-refractivity contribution < 1.29 is 9.90 Å². The molecule has 2 unspecified atom stereocenters. The Kier molecular flexibility index (Phi) is 5.56. The van der Waals surface area contributed by atoms with Crippen LogP contribution in [0.5, 0.6) is 0 Å². The Morgan fingerprint density at radius 3 is 3.00 bits per heavy atom. The highest BCUT2D eigenvalue weighted by Crippen LogP contribution is 2.23. The Morgan fingerprint density at radius 2 is 2.30 bits per heavy atom. The van der Waals surface area contributed by atoms with Gasteiger partial charge in [-0.2, -0.15) is 0 Å². The summed E-state index contributed by atoms with van der Waals surface area (Å²) in [6.07, 6.45) is 3.31. The Balaban J connectivity index is 1.85. The van der Waals surface area contributed by atoms with Gasteiger partial charge in [-0.15, -0.1) is 0 Å². The van der Waals surface area contributed by atoms with E-state index in [1.165, 1.54) is 12.8 Å². The highest BCUT2D eigenvalue weighted by molar-refractivity contribution is 5.91. The molecule has 1 saturated heterocycles. The van der Waals surface area contributed by atoms with Crippen molar-refractivity contribution in [1.29, 1.82) is 0 Å². The second-order valence-corrected chi connectivity index (χ2v) is 5.56. The third-order valence-corrected chi connectivity index (χ3v) is 3.86. The van der Waals surface area contributed by atoms with E-state index in [4.69, 9.17) is 0 Å². The number of benzene rings is 1. The fraction of sp³-hybridized carbons (Fsp3) is 0.562. The fourth-order valence-corrected chi connectivity index (χ4v) is 2.69. The molecule has 1 aliphatic rings. The lowest BCUT2D eigenvalue weighted by Gasteiger charge is -2.22. The third kappa shape index (κ3) is 4.32. The van der Waals surface area contributed by atoms with Crippen molar-refractivity contribution in [1.82, 2.24) is 5.32 Å². The van der Waals surface area contributed by atoms with Crippen molar-refractivity contribution >= 4 is 11.6 Å². The standard InChI is InChI=1S/C16H24N2O2/c1-12(19)14-6-2-3-7-15(14)18-16(20)9-8-13-5-4-10-17-11-13/h2-3,6-7,12-13,17,19H,4-5,8-11H2,1H3,(H,18,20). The molecular weight excluding hydrogens is 252 g/mol. The highest BCUT2D eigenvalue weighted by Gasteiger charge is 2.15. The highest BCUT2D eigenvalue weighted by atomic mass is 16.3. The fourth-order valence-electron chi connectivity index (χ4n) is 2.69. The topological polar surface area (TPSA) is 61.4 Å². The maximum absolute atomic E-state index is 12.0. The minimum Gasteiger partial charge on any atom is -0.389 e. The summed E-state index contributed by atoms with van der Waals surface area (Å²) in [6.45, 7) is 3.83. The summed E-state index contributed by atoms with van der Waals surface area (Å²) in [5, 5.41) is 16.0. The van der Waals surface area contributed by atoms with Gasteiger partial charge in [0.15, 0.2) is 0 Å². The molecule has 0 aliphatic carbocycles. The Hall–Kier alpha value is -1.39. The maximum Gasteiger partial charge on any atom is 0.224 e. The average molecular weight is 276 g/mol. The number of carbonyl (C=O) groups is 1. The lowest BCUT2D eigenvalue weighted by Crippen LogP contribution is -2.30. The molecule has 0 bridgehead atoms. The zero-order valence-corrected chi connectivity index (χ0v) is 12.1. The molecule has 20 heavy (non-hydrogen) atoms. The van der Waals surface area contributed by atoms with Crippen molar-refractivity contribution in [2.24, 2.45) is 5.92 Å². The molecule has 2 rings (SSSR count). The van der Waals surface area contributed by atoms with E-state index < -0.39 is 6.10 Å². The van der Waals surface area contributed by atoms with Crippen molar-refractivity contribution in [2.45, 2.75) is 38.7 Å². The van der Waals surface area contributed by atoms with E-state index in [2.05, 4.69) is 10.6 Å². The maximum atomic E-state index is 12.0. The first-order chi connectivity index (χ1) is 9.66. The predicted molar refractivity (Wildman–Crippen MR) is 80.5 cm³/mol. The van der Waals surface area contributed by atoms with Crippen LogP contribution in [0, 0.1) is 5.92 Å². The number of piperidine rings is 1. The monoisotopic (exact) mass is 276 g/mol. The van der Waals surface area contributed by atoms with Crippen LogP contribution in [-0.2, 0) is 4.79 Å². The minimum atomic E-state index is -0.575. The number of hydrogen-bond donors (Lipinski definition) is 3. The van der Waals surface area contributed by atoms with Crippen LogP contribution in [0.15, 0.2) is 24.3 Å². The molecule has 1 aromatic carbocycles. The Morgan fingerprint density at radius 1 is 1.50 bits per heavy atom. The second-order valence-electron chi connectivity index (χ2n) is 5.56. The van der Waals surface area contributed by atoms with Crippen molar-refractivity contribution in [2.75, 3.05) is 18.4 Å². The summed E-state index contributed by atoms with van der Waals surface area (Å²) in [5.74, 6) is 0.644. The van der Waals surface area contributed by atoms with E-state index in [1.807, 2.05) is 24.3 Å². The zero-order valence-electron chi connectivity index (χ0n) is 12.1. The molecule has 3 N–H and O–H groups in total. The third-order valence-electron chi connectivity index (χ3n) is 3.86. The van der Waals surface area contributed by atoms with Gasteiger partial charge in [-0.3, -0.25) is 4.79 Å². The lowest BCUT2D eigenvalue weighted by atomic mass is 9.94. The molecule has 0 saturated carbocycles. The summed E-state index contributed by atoms with van der Waals surface area (Å²) < 4.78 is 0. The molecule has 0 radical (unpaired) electrons. The average Bonchev–Trinajstić information content (AvgIpc) is 2.46. The molecule has 0 spiro atoms. The summed E-state index contributed by atoms with van der Waals surface area (Å²) in [7, 11) is 0. The zero-order chi connectivity index (χ0) is 14.4. The molecular formula is C16H24N2O2. The first kappa shape index (κ1) is 15.0. The molecule has 1 aromatic rings. The summed E-state index contributed by atoms with van der Waals surface area (Å²) >= 11 is 0. The number of rotatable bonds is 5. The quantitative estimate of drug-likeness (QED) is 0.774. The largest absolute Gasteiger partial charge is 0.389 e. The summed E-state index contributed by atoms with van der Waals surface area (Å²) in [6, 6.07) is 7.41. The molecule has 4 nitrogen and oxygen atoms in total. The smallest absolute Gasteiger partial charge is 0.224 e. The summed E-state index contributed by atoms with van der Waals surface area (Å²) in [5.41, 5.74) is 1.48. The lowest BCUT2D eigenvalue weighted by molar-refractivity contribution is -0.116. The van der Waals surface area contributed by atoms with Gasteiger partial charge in [-0.25, -0.2) is 0 Å². The SMILES string of the molecule is CC(O)c1ccccc1NC(=O)CCC1CCCNC1. The van der Waals surface area contributed by atoms with E-state index in [-0.39, 0.29) is 5.91 Å². The molecule has 110 valence electrons. The first-order valence-corrected chi connectivity index (χ1v) is 7.44. The van der Waals surface area contributed by atoms with Gasteiger partial charge in [0.2, 0.25) is 5.91 Å². The number of aliphatic hydroxyl groups excluding tert-OH is 1. The van der Waals surface area contributed by atoms with Crippen molar-refractivity contribution in [3.05, 3.63) is 29.8 Å². The molecule has 1 aliphatic heterocycles. The first-order valence-electron chi connectivity index (χ1n) is 7.44. The summed E-state index contributed by atoms with van der Waals surface area (Å²) in [4.78, 5) is 12.0. The van der Waals surface area contributed by atoms with Crippen LogP contribution < -0.4 is 10.6 Å². The van der Waals surface area contributed by atoms with Gasteiger partial charge in [0.1, 0.15) is 0 Å². The number of carbonyl (C=O) groups excluding carboxylic acids is 1. The van der Waals surface area contributed by atoms with Gasteiger partial charge < -0.3 is 15.7 Å². The second kappa shape index (κ2) is 7.41. The van der Waals surface area contributed by atoms with E-state index in [0.29, 0.717) is 18.0 Å². The van der Waals surface area contributed by atoms with Gasteiger partial charge in [0.25, 0.3) is 0 Å². The Bertz CT molecular complexity index is 440. The van der Waals surface area contributed by atoms with Crippen molar-refractivity contribution in [3.63, 3.8) is 0 Å². The molecule has 1 heterocycles. The van der Waals surface area contributed by atoms with Gasteiger partial charge >= 0.3 is 0 Å². The van der Waals surface area contributed by atoms with E-state index in [9.17, 15) is 9.90 Å². The van der Waals surface area contributed by atoms with Gasteiger partial charge in [-0.1, -0.05) is 18.2 Å². The molecule has 2 atom stereocenters. The predicted octanol–water partition coefficient (Wildman–Crippen LogP) is 2.46. The molecule has 1 fully saturated rings. The number of anilines is 1. The molecule has 0 aromatic heterocycles. The normalized spacial score (nSPS) is 20.4. The number of hydrogen-bond acceptors (Lipinski definition) is 3. The van der Waals surface area contributed by atoms with Gasteiger partial charge in [0.05, 0.1) is 6.10 Å². The number of amides is 1. The van der Waals surface area contributed by atoms with Gasteiger partial charge in [-0.05, 0) is 51.3 Å². The van der Waals surface area contributed by atoms with Gasteiger partial charge in [0, 0.05) is 17.7 Å². The number of aliphatic hydroxyl groups is 1. The van der Waals surface area contributed by atoms with Crippen LogP contribution >= 0.6 is 0 Å². The molecule has 1 amide bonds. The molecule has 4 heteroatoms. The minimum absolute atomic E-state index is 0.0312. The van der Waals surface area contributed by atoms with E-state index in [0.717, 1.165) is 25.1 Å². The van der Waals surface area contributed by atoms with Crippen LogP contribution in [-0.4, -0.2) is 24.1 Å². The van der Waals surface area contributed by atoms with Crippen LogP contribution in [0.25, 0.3) is 0 Å². The van der Waals surface area contributed by atoms with Crippen LogP contribution in [0.4, 0.5) is 5.69 Å². The van der Waals surface area contributed by atoms with Crippen LogP contribution in [0.1, 0.15) is 44.3 Å². The number of nitrogens with one attached hydrogen (secondary N) is 2. The van der Waals surface area contributed by atoms with Crippen molar-refractivity contribution in [3.8, 4) is 0 Å². The van der Waals surface area contributed by atoms with Crippen LogP contribution in [0.3, 0.4) is 0 Å². The van der Waals surface area contributed by atoms with E-state index in [1.54, 1.807) is 6.92 Å². The Labute approximate surface area is 120 Å². The van der Waals surface area contributed by atoms with Crippen LogP contribution in [0.2, 0.25) is 0 Å². The van der Waals surface area contributed by atoms with E-state index >= 15 is 0 Å². The number of para-hydroxylation sites is 1.